The molecule has 0 fully saturated rings. The first-order valence-electron chi connectivity index (χ1n) is 3.77. The highest BCUT2D eigenvalue weighted by atomic mass is 16.1. The van der Waals surface area contributed by atoms with Crippen molar-refractivity contribution >= 4 is 0 Å². The van der Waals surface area contributed by atoms with Gasteiger partial charge >= 0.3 is 0 Å². The zero-order valence-corrected chi connectivity index (χ0v) is 6.21. The van der Waals surface area contributed by atoms with Gasteiger partial charge < -0.3 is 0 Å². The molecule has 0 unspecified atom stereocenters. The quantitative estimate of drug-likeness (QED) is 0.562. The van der Waals surface area contributed by atoms with Crippen LogP contribution in [0.4, 0.5) is 0 Å². The fraction of sp³-hybridized carbons (Fsp3) is 0.375. The van der Waals surface area contributed by atoms with Crippen LogP contribution in [0.2, 0.25) is 0 Å². The van der Waals surface area contributed by atoms with E-state index >= 15 is 0 Å². The highest BCUT2D eigenvalue weighted by molar-refractivity contribution is 5.08. The van der Waals surface area contributed by atoms with E-state index in [0.29, 0.717) is 6.67 Å². The topological polar surface area (TPSA) is 34.0 Å². The Morgan fingerprint density at radius 3 is 3.18 bits per heavy atom. The maximum absolute atomic E-state index is 11.2. The van der Waals surface area contributed by atoms with Crippen molar-refractivity contribution in [3.05, 3.63) is 34.2 Å². The van der Waals surface area contributed by atoms with Crippen LogP contribution in [0.25, 0.3) is 0 Å². The second-order valence-electron chi connectivity index (χ2n) is 2.69. The first-order chi connectivity index (χ1) is 5.38. The molecule has 2 rings (SSSR count). The van der Waals surface area contributed by atoms with Gasteiger partial charge in [0.2, 0.25) is 0 Å². The molecule has 1 aliphatic rings. The summed E-state index contributed by atoms with van der Waals surface area (Å²) in [5.41, 5.74) is 1.23. The summed E-state index contributed by atoms with van der Waals surface area (Å²) < 4.78 is 1.77. The van der Waals surface area contributed by atoms with Gasteiger partial charge in [0.05, 0.1) is 6.67 Å². The summed E-state index contributed by atoms with van der Waals surface area (Å²) in [5, 5.41) is 3.14. The zero-order valence-electron chi connectivity index (χ0n) is 6.21. The van der Waals surface area contributed by atoms with Crippen LogP contribution in [0.5, 0.6) is 0 Å². The van der Waals surface area contributed by atoms with E-state index < -0.39 is 0 Å². The predicted octanol–water partition coefficient (Wildman–Crippen LogP) is -0.0485. The second kappa shape index (κ2) is 2.51. The van der Waals surface area contributed by atoms with E-state index in [2.05, 4.69) is 5.32 Å². The van der Waals surface area contributed by atoms with E-state index in [0.717, 1.165) is 18.7 Å². The molecular formula is C8H10N2O. The minimum absolute atomic E-state index is 0.0923. The first kappa shape index (κ1) is 6.61. The number of nitrogens with zero attached hydrogens (tertiary/aromatic N) is 1. The molecule has 0 saturated carbocycles. The van der Waals surface area contributed by atoms with Crippen molar-refractivity contribution < 1.29 is 0 Å². The SMILES string of the molecule is O=c1cccc2n1CNCC2. The number of rotatable bonds is 0. The Bertz CT molecular complexity index is 316. The molecule has 0 spiro atoms. The van der Waals surface area contributed by atoms with Gasteiger partial charge in [0, 0.05) is 24.7 Å². The monoisotopic (exact) mass is 150 g/mol. The lowest BCUT2D eigenvalue weighted by atomic mass is 10.2. The minimum atomic E-state index is 0.0923. The van der Waals surface area contributed by atoms with Crippen molar-refractivity contribution in [1.29, 1.82) is 0 Å². The molecule has 0 aromatic carbocycles. The third-order valence-corrected chi connectivity index (χ3v) is 1.97. The summed E-state index contributed by atoms with van der Waals surface area (Å²) in [5.74, 6) is 0. The molecule has 0 radical (unpaired) electrons. The van der Waals surface area contributed by atoms with Crippen LogP contribution in [0.1, 0.15) is 5.69 Å². The Morgan fingerprint density at radius 2 is 2.36 bits per heavy atom. The second-order valence-corrected chi connectivity index (χ2v) is 2.69. The van der Waals surface area contributed by atoms with Crippen LogP contribution in [-0.2, 0) is 13.1 Å². The van der Waals surface area contributed by atoms with E-state index in [-0.39, 0.29) is 5.56 Å². The van der Waals surface area contributed by atoms with E-state index in [1.54, 1.807) is 10.6 Å². The molecule has 1 N–H and O–H groups in total. The van der Waals surface area contributed by atoms with E-state index in [9.17, 15) is 4.79 Å². The van der Waals surface area contributed by atoms with Gasteiger partial charge in [-0.15, -0.1) is 0 Å². The molecule has 1 aromatic heterocycles. The molecule has 0 saturated heterocycles. The summed E-state index contributed by atoms with van der Waals surface area (Å²) in [7, 11) is 0. The smallest absolute Gasteiger partial charge is 0.251 e. The third kappa shape index (κ3) is 1.07. The molecule has 0 amide bonds. The number of pyridine rings is 1. The standard InChI is InChI=1S/C8H10N2O/c11-8-3-1-2-7-4-5-9-6-10(7)8/h1-3,9H,4-6H2. The van der Waals surface area contributed by atoms with Crippen LogP contribution < -0.4 is 10.9 Å². The largest absolute Gasteiger partial charge is 0.299 e. The average Bonchev–Trinajstić information content (AvgIpc) is 2.06. The molecule has 1 aromatic rings. The van der Waals surface area contributed by atoms with Crippen molar-refractivity contribution in [1.82, 2.24) is 9.88 Å². The van der Waals surface area contributed by atoms with Gasteiger partial charge in [0.1, 0.15) is 0 Å². The minimum Gasteiger partial charge on any atom is -0.299 e. The maximum Gasteiger partial charge on any atom is 0.251 e. The Balaban J connectivity index is 2.58. The van der Waals surface area contributed by atoms with Crippen LogP contribution in [0, 0.1) is 0 Å². The number of hydrogen-bond donors (Lipinski definition) is 1. The Morgan fingerprint density at radius 1 is 1.45 bits per heavy atom. The lowest BCUT2D eigenvalue weighted by Crippen LogP contribution is -2.36. The maximum atomic E-state index is 11.2. The molecule has 0 bridgehead atoms. The Labute approximate surface area is 64.7 Å². The van der Waals surface area contributed by atoms with Gasteiger partial charge in [-0.1, -0.05) is 6.07 Å². The van der Waals surface area contributed by atoms with Crippen LogP contribution in [0.3, 0.4) is 0 Å². The fourth-order valence-corrected chi connectivity index (χ4v) is 1.37. The molecule has 3 heteroatoms. The molecule has 11 heavy (non-hydrogen) atoms. The molecule has 58 valence electrons. The summed E-state index contributed by atoms with van der Waals surface area (Å²) >= 11 is 0. The highest BCUT2D eigenvalue weighted by Gasteiger charge is 2.06. The van der Waals surface area contributed by atoms with E-state index in [1.807, 2.05) is 12.1 Å². The first-order valence-corrected chi connectivity index (χ1v) is 3.77. The van der Waals surface area contributed by atoms with Crippen LogP contribution in [-0.4, -0.2) is 11.1 Å². The van der Waals surface area contributed by atoms with Gasteiger partial charge in [-0.25, -0.2) is 0 Å². The van der Waals surface area contributed by atoms with E-state index in [4.69, 9.17) is 0 Å². The molecule has 0 atom stereocenters. The zero-order chi connectivity index (χ0) is 7.68. The van der Waals surface area contributed by atoms with Crippen molar-refractivity contribution in [3.63, 3.8) is 0 Å². The normalized spacial score (nSPS) is 16.0. The van der Waals surface area contributed by atoms with Crippen LogP contribution in [0.15, 0.2) is 23.0 Å². The van der Waals surface area contributed by atoms with Crippen molar-refractivity contribution in [3.8, 4) is 0 Å². The highest BCUT2D eigenvalue weighted by Crippen LogP contribution is 1.99. The lowest BCUT2D eigenvalue weighted by molar-refractivity contribution is 0.478. The third-order valence-electron chi connectivity index (χ3n) is 1.97. The number of nitrogens with one attached hydrogen (secondary N) is 1. The Hall–Kier alpha value is -1.09. The molecule has 1 aliphatic heterocycles. The average molecular weight is 150 g/mol. The van der Waals surface area contributed by atoms with Gasteiger partial charge in [-0.2, -0.15) is 0 Å². The molecular weight excluding hydrogens is 140 g/mol. The summed E-state index contributed by atoms with van der Waals surface area (Å²) in [4.78, 5) is 11.2. The molecule has 3 nitrogen and oxygen atoms in total. The molecule has 0 aliphatic carbocycles. The predicted molar refractivity (Wildman–Crippen MR) is 42.4 cm³/mol. The van der Waals surface area contributed by atoms with Crippen molar-refractivity contribution in [2.45, 2.75) is 13.1 Å². The van der Waals surface area contributed by atoms with Crippen molar-refractivity contribution in [2.75, 3.05) is 6.54 Å². The Kier molecular flexibility index (Phi) is 1.51. The number of aromatic nitrogens is 1. The van der Waals surface area contributed by atoms with E-state index in [1.165, 1.54) is 0 Å². The summed E-state index contributed by atoms with van der Waals surface area (Å²) in [6.45, 7) is 1.64. The number of fused-ring (bicyclic) bond motifs is 1. The lowest BCUT2D eigenvalue weighted by Gasteiger charge is -2.18. The number of hydrogen-bond acceptors (Lipinski definition) is 2. The van der Waals surface area contributed by atoms with Crippen LogP contribution >= 0.6 is 0 Å². The van der Waals surface area contributed by atoms with Gasteiger partial charge in [0.15, 0.2) is 0 Å². The fourth-order valence-electron chi connectivity index (χ4n) is 1.37. The van der Waals surface area contributed by atoms with Gasteiger partial charge in [-0.3, -0.25) is 14.7 Å². The van der Waals surface area contributed by atoms with Gasteiger partial charge in [0.25, 0.3) is 5.56 Å². The van der Waals surface area contributed by atoms with Gasteiger partial charge in [-0.05, 0) is 6.07 Å². The van der Waals surface area contributed by atoms with Crippen molar-refractivity contribution in [2.24, 2.45) is 0 Å². The summed E-state index contributed by atoms with van der Waals surface area (Å²) in [6.07, 6.45) is 0.954. The summed E-state index contributed by atoms with van der Waals surface area (Å²) in [6, 6.07) is 5.41. The molecule has 2 heterocycles.